The molecule has 4 rings (SSSR count). The second-order valence-electron chi connectivity index (χ2n) is 9.31. The van der Waals surface area contributed by atoms with E-state index >= 15 is 0 Å². The molecular formula is C26H29ClN2O5. The predicted octanol–water partition coefficient (Wildman–Crippen LogP) is 5.02. The molecule has 0 fully saturated rings. The number of aliphatic hydroxyl groups is 1. The van der Waals surface area contributed by atoms with Gasteiger partial charge in [0, 0.05) is 29.2 Å². The first-order valence-corrected chi connectivity index (χ1v) is 11.5. The number of hydrogen-bond donors (Lipinski definition) is 1. The van der Waals surface area contributed by atoms with Gasteiger partial charge in [0.1, 0.15) is 6.61 Å². The van der Waals surface area contributed by atoms with Crippen LogP contribution in [-0.2, 0) is 27.2 Å². The zero-order valence-electron chi connectivity index (χ0n) is 20.1. The molecule has 1 aliphatic heterocycles. The molecule has 0 atom stereocenters. The lowest BCUT2D eigenvalue weighted by atomic mass is 9.88. The van der Waals surface area contributed by atoms with Gasteiger partial charge in [0.15, 0.2) is 0 Å². The Balaban J connectivity index is 1.97. The summed E-state index contributed by atoms with van der Waals surface area (Å²) in [4.78, 5) is 27.2. The van der Waals surface area contributed by atoms with Crippen LogP contribution in [0.4, 0.5) is 10.5 Å². The van der Waals surface area contributed by atoms with Crippen LogP contribution in [-0.4, -0.2) is 47.6 Å². The van der Waals surface area contributed by atoms with Gasteiger partial charge in [-0.1, -0.05) is 23.7 Å². The number of nitrogens with zero attached hydrogens (tertiary/aromatic N) is 2. The van der Waals surface area contributed by atoms with E-state index in [4.69, 9.17) is 21.1 Å². The molecule has 7 nitrogen and oxygen atoms in total. The van der Waals surface area contributed by atoms with E-state index < -0.39 is 17.7 Å². The maximum atomic E-state index is 12.9. The maximum absolute atomic E-state index is 12.9. The van der Waals surface area contributed by atoms with Gasteiger partial charge in [-0.2, -0.15) is 0 Å². The standard InChI is InChI=1S/C26H29ClN2O5/c1-15-12-20-22(17-6-8-18(27)9-7-17)19(13-21(30)34-14-26(3,4)32)16(2)23-24(20)28(15)10-11-29(23)25(31)33-5/h6-9,12,32H,10-11,13-14H2,1-5H3. The van der Waals surface area contributed by atoms with Gasteiger partial charge in [-0.25, -0.2) is 4.79 Å². The van der Waals surface area contributed by atoms with Crippen molar-refractivity contribution in [3.05, 3.63) is 52.2 Å². The number of benzene rings is 2. The predicted molar refractivity (Wildman–Crippen MR) is 133 cm³/mol. The van der Waals surface area contributed by atoms with Crippen LogP contribution in [0.25, 0.3) is 22.0 Å². The first-order valence-electron chi connectivity index (χ1n) is 11.2. The largest absolute Gasteiger partial charge is 0.462 e. The van der Waals surface area contributed by atoms with Crippen LogP contribution in [0.3, 0.4) is 0 Å². The lowest BCUT2D eigenvalue weighted by Crippen LogP contribution is -2.38. The lowest BCUT2D eigenvalue weighted by molar-refractivity contribution is -0.149. The molecule has 2 aromatic carbocycles. The molecule has 0 unspecified atom stereocenters. The van der Waals surface area contributed by atoms with Crippen molar-refractivity contribution in [3.63, 3.8) is 0 Å². The van der Waals surface area contributed by atoms with Crippen LogP contribution >= 0.6 is 11.6 Å². The topological polar surface area (TPSA) is 81.0 Å². The molecule has 0 radical (unpaired) electrons. The second-order valence-corrected chi connectivity index (χ2v) is 9.74. The van der Waals surface area contributed by atoms with E-state index in [-0.39, 0.29) is 13.0 Å². The minimum Gasteiger partial charge on any atom is -0.462 e. The summed E-state index contributed by atoms with van der Waals surface area (Å²) in [7, 11) is 1.37. The Hall–Kier alpha value is -3.03. The summed E-state index contributed by atoms with van der Waals surface area (Å²) in [6, 6.07) is 9.59. The van der Waals surface area contributed by atoms with Gasteiger partial charge in [0.05, 0.1) is 30.3 Å². The molecule has 180 valence electrons. The summed E-state index contributed by atoms with van der Waals surface area (Å²) in [5.41, 5.74) is 5.00. The van der Waals surface area contributed by atoms with Crippen LogP contribution in [0.15, 0.2) is 30.3 Å². The van der Waals surface area contributed by atoms with Crippen LogP contribution < -0.4 is 4.90 Å². The van der Waals surface area contributed by atoms with Gasteiger partial charge >= 0.3 is 12.1 Å². The monoisotopic (exact) mass is 484 g/mol. The van der Waals surface area contributed by atoms with E-state index in [0.717, 1.165) is 44.5 Å². The van der Waals surface area contributed by atoms with E-state index in [2.05, 4.69) is 10.6 Å². The molecule has 0 saturated carbocycles. The molecule has 1 amide bonds. The molecule has 0 saturated heterocycles. The van der Waals surface area contributed by atoms with Gasteiger partial charge in [0.25, 0.3) is 0 Å². The minimum absolute atomic E-state index is 0.0119. The zero-order chi connectivity index (χ0) is 24.8. The normalized spacial score (nSPS) is 13.3. The molecule has 0 spiro atoms. The van der Waals surface area contributed by atoms with Crippen molar-refractivity contribution < 1.29 is 24.2 Å². The van der Waals surface area contributed by atoms with E-state index in [1.54, 1.807) is 18.7 Å². The Bertz CT molecular complexity index is 1270. The lowest BCUT2D eigenvalue weighted by Gasteiger charge is -2.32. The Morgan fingerprint density at radius 3 is 2.44 bits per heavy atom. The molecule has 2 heterocycles. The van der Waals surface area contributed by atoms with E-state index in [1.807, 2.05) is 38.1 Å². The summed E-state index contributed by atoms with van der Waals surface area (Å²) in [5.74, 6) is -0.455. The number of amides is 1. The summed E-state index contributed by atoms with van der Waals surface area (Å²) < 4.78 is 12.6. The number of methoxy groups -OCH3 is 1. The highest BCUT2D eigenvalue weighted by Gasteiger charge is 2.32. The number of ether oxygens (including phenoxy) is 2. The quantitative estimate of drug-likeness (QED) is 0.514. The Morgan fingerprint density at radius 2 is 1.82 bits per heavy atom. The van der Waals surface area contributed by atoms with Crippen LogP contribution in [0.1, 0.15) is 30.7 Å². The van der Waals surface area contributed by atoms with Crippen molar-refractivity contribution in [2.24, 2.45) is 0 Å². The summed E-state index contributed by atoms with van der Waals surface area (Å²) >= 11 is 6.15. The number of anilines is 1. The van der Waals surface area contributed by atoms with Gasteiger partial charge in [-0.05, 0) is 68.1 Å². The number of carbonyl (C=O) groups is 2. The van der Waals surface area contributed by atoms with Crippen LogP contribution in [0.2, 0.25) is 5.02 Å². The highest BCUT2D eigenvalue weighted by atomic mass is 35.5. The third-order valence-corrected chi connectivity index (χ3v) is 6.41. The second kappa shape index (κ2) is 8.96. The molecule has 0 bridgehead atoms. The summed E-state index contributed by atoms with van der Waals surface area (Å²) in [5, 5.41) is 11.5. The number of carbonyl (C=O) groups excluding carboxylic acids is 2. The van der Waals surface area contributed by atoms with Gasteiger partial charge in [0.2, 0.25) is 0 Å². The number of aryl methyl sites for hydroxylation is 1. The SMILES string of the molecule is COC(=O)N1CCn2c(C)cc3c(-c4ccc(Cl)cc4)c(CC(=O)OCC(C)(C)O)c(C)c1c32. The first kappa shape index (κ1) is 24.1. The number of hydrogen-bond acceptors (Lipinski definition) is 5. The fourth-order valence-electron chi connectivity index (χ4n) is 4.64. The van der Waals surface area contributed by atoms with Gasteiger partial charge in [-0.3, -0.25) is 9.69 Å². The maximum Gasteiger partial charge on any atom is 0.414 e. The first-order chi connectivity index (χ1) is 16.0. The van der Waals surface area contributed by atoms with E-state index in [0.29, 0.717) is 18.1 Å². The fourth-order valence-corrected chi connectivity index (χ4v) is 4.76. The Kier molecular flexibility index (Phi) is 6.36. The average Bonchev–Trinajstić information content (AvgIpc) is 3.12. The Labute approximate surface area is 203 Å². The highest BCUT2D eigenvalue weighted by molar-refractivity contribution is 6.30. The number of esters is 1. The summed E-state index contributed by atoms with van der Waals surface area (Å²) in [6.07, 6.45) is -0.452. The molecule has 1 aliphatic rings. The van der Waals surface area contributed by atoms with Crippen LogP contribution in [0.5, 0.6) is 0 Å². The van der Waals surface area contributed by atoms with Crippen LogP contribution in [0, 0.1) is 13.8 Å². The van der Waals surface area contributed by atoms with Crippen molar-refractivity contribution in [1.29, 1.82) is 0 Å². The molecule has 1 N–H and O–H groups in total. The van der Waals surface area contributed by atoms with E-state index in [9.17, 15) is 14.7 Å². The number of aromatic nitrogens is 1. The van der Waals surface area contributed by atoms with Crippen molar-refractivity contribution in [2.45, 2.75) is 46.3 Å². The third kappa shape index (κ3) is 4.38. The zero-order valence-corrected chi connectivity index (χ0v) is 20.8. The smallest absolute Gasteiger partial charge is 0.414 e. The van der Waals surface area contributed by atoms with Crippen molar-refractivity contribution >= 4 is 40.3 Å². The third-order valence-electron chi connectivity index (χ3n) is 6.16. The highest BCUT2D eigenvalue weighted by Crippen LogP contribution is 2.45. The number of rotatable bonds is 5. The van der Waals surface area contributed by atoms with Crippen molar-refractivity contribution in [3.8, 4) is 11.1 Å². The van der Waals surface area contributed by atoms with Crippen molar-refractivity contribution in [1.82, 2.24) is 4.57 Å². The minimum atomic E-state index is -1.13. The fraction of sp³-hybridized carbons (Fsp3) is 0.385. The summed E-state index contributed by atoms with van der Waals surface area (Å²) in [6.45, 7) is 8.12. The number of halogens is 1. The van der Waals surface area contributed by atoms with Gasteiger partial charge < -0.3 is 19.1 Å². The molecular weight excluding hydrogens is 456 g/mol. The molecule has 8 heteroatoms. The van der Waals surface area contributed by atoms with E-state index in [1.165, 1.54) is 7.11 Å². The Morgan fingerprint density at radius 1 is 1.15 bits per heavy atom. The molecule has 1 aromatic heterocycles. The van der Waals surface area contributed by atoms with Crippen molar-refractivity contribution in [2.75, 3.05) is 25.2 Å². The average molecular weight is 485 g/mol. The van der Waals surface area contributed by atoms with Gasteiger partial charge in [-0.15, -0.1) is 0 Å². The molecule has 34 heavy (non-hydrogen) atoms. The molecule has 0 aliphatic carbocycles. The molecule has 3 aromatic rings.